The van der Waals surface area contributed by atoms with Crippen LogP contribution in [0.3, 0.4) is 0 Å². The maximum atomic E-state index is 12.0. The first-order valence-corrected chi connectivity index (χ1v) is 7.49. The first-order valence-electron chi connectivity index (χ1n) is 5.88. The molecule has 1 rings (SSSR count). The summed E-state index contributed by atoms with van der Waals surface area (Å²) in [7, 11) is -2.20. The molecular formula is C11H18N2O4S. The van der Waals surface area contributed by atoms with Crippen molar-refractivity contribution in [1.29, 1.82) is 5.26 Å². The van der Waals surface area contributed by atoms with Crippen molar-refractivity contribution in [3.05, 3.63) is 0 Å². The predicted octanol–water partition coefficient (Wildman–Crippen LogP) is 0.807. The quantitative estimate of drug-likeness (QED) is 0.772. The van der Waals surface area contributed by atoms with Gasteiger partial charge >= 0.3 is 5.97 Å². The molecule has 0 radical (unpaired) electrons. The van der Waals surface area contributed by atoms with Crippen molar-refractivity contribution >= 4 is 16.0 Å². The molecule has 1 fully saturated rings. The van der Waals surface area contributed by atoms with Crippen LogP contribution in [0.15, 0.2) is 0 Å². The van der Waals surface area contributed by atoms with Gasteiger partial charge in [-0.2, -0.15) is 5.26 Å². The molecule has 1 saturated carbocycles. The predicted molar refractivity (Wildman–Crippen MR) is 65.2 cm³/mol. The van der Waals surface area contributed by atoms with Gasteiger partial charge in [-0.25, -0.2) is 12.7 Å². The zero-order valence-corrected chi connectivity index (χ0v) is 11.2. The van der Waals surface area contributed by atoms with Crippen molar-refractivity contribution in [2.24, 2.45) is 5.41 Å². The van der Waals surface area contributed by atoms with Crippen LogP contribution < -0.4 is 0 Å². The fourth-order valence-electron chi connectivity index (χ4n) is 2.19. The summed E-state index contributed by atoms with van der Waals surface area (Å²) in [6.45, 7) is -0.0564. The maximum absolute atomic E-state index is 12.0. The molecule has 0 atom stereocenters. The summed E-state index contributed by atoms with van der Waals surface area (Å²) < 4.78 is 25.1. The smallest absolute Gasteiger partial charge is 0.304 e. The van der Waals surface area contributed by atoms with E-state index in [1.165, 1.54) is 7.05 Å². The van der Waals surface area contributed by atoms with Crippen LogP contribution in [-0.4, -0.2) is 43.1 Å². The van der Waals surface area contributed by atoms with E-state index in [1.807, 2.05) is 0 Å². The second-order valence-electron chi connectivity index (χ2n) is 4.82. The van der Waals surface area contributed by atoms with Crippen LogP contribution >= 0.6 is 0 Å². The molecule has 1 aliphatic carbocycles. The van der Waals surface area contributed by atoms with Gasteiger partial charge in [-0.3, -0.25) is 4.79 Å². The molecular weight excluding hydrogens is 256 g/mol. The number of nitrogens with zero attached hydrogens (tertiary/aromatic N) is 2. The van der Waals surface area contributed by atoms with Crippen molar-refractivity contribution in [2.75, 3.05) is 19.3 Å². The number of aliphatic carboxylic acids is 1. The topological polar surface area (TPSA) is 98.5 Å². The van der Waals surface area contributed by atoms with Crippen molar-refractivity contribution in [2.45, 2.75) is 32.1 Å². The van der Waals surface area contributed by atoms with E-state index in [4.69, 9.17) is 10.4 Å². The highest BCUT2D eigenvalue weighted by molar-refractivity contribution is 7.89. The number of sulfonamides is 1. The lowest BCUT2D eigenvalue weighted by Crippen LogP contribution is -2.37. The average molecular weight is 274 g/mol. The first-order chi connectivity index (χ1) is 8.31. The fraction of sp³-hybridized carbons (Fsp3) is 0.818. The molecule has 18 heavy (non-hydrogen) atoms. The Hall–Kier alpha value is -1.13. The van der Waals surface area contributed by atoms with Crippen molar-refractivity contribution in [3.63, 3.8) is 0 Å². The minimum Gasteiger partial charge on any atom is -0.481 e. The Morgan fingerprint density at radius 1 is 1.44 bits per heavy atom. The molecule has 0 spiro atoms. The molecule has 0 heterocycles. The lowest BCUT2D eigenvalue weighted by atomic mass is 9.91. The Balaban J connectivity index is 2.69. The summed E-state index contributed by atoms with van der Waals surface area (Å²) in [5.41, 5.74) is -0.781. The molecule has 1 aliphatic rings. The lowest BCUT2D eigenvalue weighted by molar-refractivity contribution is -0.137. The van der Waals surface area contributed by atoms with E-state index >= 15 is 0 Å². The zero-order chi connectivity index (χ0) is 13.8. The molecule has 1 N–H and O–H groups in total. The highest BCUT2D eigenvalue weighted by atomic mass is 32.2. The van der Waals surface area contributed by atoms with Gasteiger partial charge in [-0.15, -0.1) is 0 Å². The molecule has 0 aliphatic heterocycles. The van der Waals surface area contributed by atoms with E-state index in [0.717, 1.165) is 17.1 Å². The van der Waals surface area contributed by atoms with Crippen molar-refractivity contribution in [1.82, 2.24) is 4.31 Å². The average Bonchev–Trinajstić information content (AvgIpc) is 2.74. The minimum atomic E-state index is -3.56. The molecule has 0 aromatic carbocycles. The molecule has 0 aromatic rings. The van der Waals surface area contributed by atoms with Gasteiger partial charge < -0.3 is 5.11 Å². The third-order valence-corrected chi connectivity index (χ3v) is 5.42. The molecule has 0 amide bonds. The highest BCUT2D eigenvalue weighted by Gasteiger charge is 2.39. The van der Waals surface area contributed by atoms with Crippen LogP contribution in [0.4, 0.5) is 0 Å². The van der Waals surface area contributed by atoms with Gasteiger partial charge in [0.15, 0.2) is 0 Å². The van der Waals surface area contributed by atoms with Crippen LogP contribution in [0, 0.1) is 16.7 Å². The number of carboxylic acids is 1. The second-order valence-corrected chi connectivity index (χ2v) is 6.90. The van der Waals surface area contributed by atoms with E-state index < -0.39 is 21.4 Å². The maximum Gasteiger partial charge on any atom is 0.304 e. The highest BCUT2D eigenvalue weighted by Crippen LogP contribution is 2.38. The number of carboxylic acid groups (broad SMARTS) is 1. The van der Waals surface area contributed by atoms with Gasteiger partial charge in [0.25, 0.3) is 0 Å². The zero-order valence-electron chi connectivity index (χ0n) is 10.4. The van der Waals surface area contributed by atoms with Gasteiger partial charge in [0.05, 0.1) is 23.7 Å². The van der Waals surface area contributed by atoms with Crippen LogP contribution in [0.1, 0.15) is 32.1 Å². The standard InChI is InChI=1S/C11H18N2O4S/c1-13(7-4-10(14)15)18(16,17)9-11(8-12)5-2-3-6-11/h2-7,9H2,1H3,(H,14,15). The van der Waals surface area contributed by atoms with Crippen molar-refractivity contribution in [3.8, 4) is 6.07 Å². The SMILES string of the molecule is CN(CCC(=O)O)S(=O)(=O)CC1(C#N)CCCC1. The monoisotopic (exact) mass is 274 g/mol. The first kappa shape index (κ1) is 14.9. The Bertz CT molecular complexity index is 446. The van der Waals surface area contributed by atoms with Crippen molar-refractivity contribution < 1.29 is 18.3 Å². The summed E-state index contributed by atoms with van der Waals surface area (Å²) in [6, 6.07) is 2.13. The summed E-state index contributed by atoms with van der Waals surface area (Å²) in [6.07, 6.45) is 2.74. The summed E-state index contributed by atoms with van der Waals surface area (Å²) in [5.74, 6) is -1.24. The molecule has 0 unspecified atom stereocenters. The van der Waals surface area contributed by atoms with Gasteiger partial charge in [0, 0.05) is 13.6 Å². The number of rotatable bonds is 6. The largest absolute Gasteiger partial charge is 0.481 e. The van der Waals surface area contributed by atoms with E-state index in [0.29, 0.717) is 12.8 Å². The number of hydrogen-bond donors (Lipinski definition) is 1. The normalized spacial score (nSPS) is 18.7. The van der Waals surface area contributed by atoms with Crippen LogP contribution in [0.5, 0.6) is 0 Å². The summed E-state index contributed by atoms with van der Waals surface area (Å²) in [5, 5.41) is 17.7. The Morgan fingerprint density at radius 2 is 2.00 bits per heavy atom. The molecule has 0 saturated heterocycles. The van der Waals surface area contributed by atoms with Crippen LogP contribution in [0.25, 0.3) is 0 Å². The number of nitriles is 1. The van der Waals surface area contributed by atoms with Gasteiger partial charge in [-0.05, 0) is 12.8 Å². The number of carbonyl (C=O) groups is 1. The second kappa shape index (κ2) is 5.67. The molecule has 7 heteroatoms. The molecule has 102 valence electrons. The van der Waals surface area contributed by atoms with Gasteiger partial charge in [-0.1, -0.05) is 12.8 Å². The van der Waals surface area contributed by atoms with Crippen LogP contribution in [0.2, 0.25) is 0 Å². The van der Waals surface area contributed by atoms with E-state index in [2.05, 4.69) is 6.07 Å². The minimum absolute atomic E-state index is 0.0564. The van der Waals surface area contributed by atoms with E-state index in [-0.39, 0.29) is 18.7 Å². The number of hydrogen-bond acceptors (Lipinski definition) is 4. The van der Waals surface area contributed by atoms with Gasteiger partial charge in [0.1, 0.15) is 0 Å². The lowest BCUT2D eigenvalue weighted by Gasteiger charge is -2.24. The molecule has 0 aromatic heterocycles. The Morgan fingerprint density at radius 3 is 2.44 bits per heavy atom. The van der Waals surface area contributed by atoms with Gasteiger partial charge in [0.2, 0.25) is 10.0 Å². The van der Waals surface area contributed by atoms with Crippen LogP contribution in [-0.2, 0) is 14.8 Å². The third-order valence-electron chi connectivity index (χ3n) is 3.37. The Kier molecular flexibility index (Phi) is 4.71. The third kappa shape index (κ3) is 3.68. The summed E-state index contributed by atoms with van der Waals surface area (Å²) in [4.78, 5) is 10.4. The van der Waals surface area contributed by atoms with E-state index in [1.54, 1.807) is 0 Å². The molecule has 0 bridgehead atoms. The van der Waals surface area contributed by atoms with E-state index in [9.17, 15) is 13.2 Å². The molecule has 6 nitrogen and oxygen atoms in total. The summed E-state index contributed by atoms with van der Waals surface area (Å²) >= 11 is 0. The fourth-order valence-corrected chi connectivity index (χ4v) is 3.83. The Labute approximate surface area is 107 Å².